The molecule has 0 spiro atoms. The summed E-state index contributed by atoms with van der Waals surface area (Å²) in [6, 6.07) is 5.95. The maximum Gasteiger partial charge on any atom is 0.573 e. The van der Waals surface area contributed by atoms with Gasteiger partial charge in [-0.1, -0.05) is 11.6 Å². The summed E-state index contributed by atoms with van der Waals surface area (Å²) in [6.07, 6.45) is -4.82. The molecular formula is C14H8ClF5N4O. The van der Waals surface area contributed by atoms with Crippen LogP contribution in [0.4, 0.5) is 22.0 Å². The van der Waals surface area contributed by atoms with Crippen molar-refractivity contribution in [1.29, 1.82) is 0 Å². The minimum atomic E-state index is -4.82. The van der Waals surface area contributed by atoms with E-state index in [4.69, 9.17) is 11.6 Å². The number of ether oxygens (including phenoxy) is 1. The summed E-state index contributed by atoms with van der Waals surface area (Å²) in [5.74, 6) is -4.40. The van der Waals surface area contributed by atoms with E-state index in [-0.39, 0.29) is 16.4 Å². The van der Waals surface area contributed by atoms with Gasteiger partial charge < -0.3 is 4.74 Å². The normalized spacial score (nSPS) is 12.6. The second-order valence-corrected chi connectivity index (χ2v) is 5.50. The molecule has 0 atom stereocenters. The second-order valence-electron chi connectivity index (χ2n) is 5.10. The van der Waals surface area contributed by atoms with E-state index in [0.29, 0.717) is 12.5 Å². The number of hydrogen-bond acceptors (Lipinski definition) is 4. The van der Waals surface area contributed by atoms with E-state index >= 15 is 0 Å². The maximum absolute atomic E-state index is 13.5. The van der Waals surface area contributed by atoms with Crippen LogP contribution in [0.5, 0.6) is 5.75 Å². The lowest BCUT2D eigenvalue weighted by Gasteiger charge is -2.11. The number of alkyl halides is 5. The lowest BCUT2D eigenvalue weighted by molar-refractivity contribution is -0.274. The van der Waals surface area contributed by atoms with Crippen LogP contribution in [-0.4, -0.2) is 26.2 Å². The molecule has 0 saturated heterocycles. The molecule has 3 rings (SSSR count). The zero-order valence-corrected chi connectivity index (χ0v) is 13.1. The SMILES string of the molecule is CC(F)(F)c1nnc2cc(Cl)c(-c3ccc(OC(F)(F)F)cc3)nn12. The first-order valence-electron chi connectivity index (χ1n) is 6.71. The number of rotatable bonds is 3. The van der Waals surface area contributed by atoms with Crippen molar-refractivity contribution in [2.24, 2.45) is 0 Å². The van der Waals surface area contributed by atoms with Crippen molar-refractivity contribution < 1.29 is 26.7 Å². The molecule has 0 amide bonds. The molecule has 0 fully saturated rings. The monoisotopic (exact) mass is 378 g/mol. The third-order valence-electron chi connectivity index (χ3n) is 3.10. The molecular weight excluding hydrogens is 371 g/mol. The van der Waals surface area contributed by atoms with Gasteiger partial charge in [-0.3, -0.25) is 0 Å². The molecule has 0 unspecified atom stereocenters. The minimum Gasteiger partial charge on any atom is -0.406 e. The van der Waals surface area contributed by atoms with Gasteiger partial charge in [0.25, 0.3) is 0 Å². The number of fused-ring (bicyclic) bond motifs is 1. The number of nitrogens with zero attached hydrogens (tertiary/aromatic N) is 4. The number of aromatic nitrogens is 4. The van der Waals surface area contributed by atoms with Gasteiger partial charge in [0, 0.05) is 18.6 Å². The second kappa shape index (κ2) is 5.80. The smallest absolute Gasteiger partial charge is 0.406 e. The van der Waals surface area contributed by atoms with Gasteiger partial charge in [0.1, 0.15) is 11.4 Å². The predicted molar refractivity (Wildman–Crippen MR) is 77.5 cm³/mol. The summed E-state index contributed by atoms with van der Waals surface area (Å²) in [4.78, 5) is 0. The van der Waals surface area contributed by atoms with Crippen LogP contribution in [0.1, 0.15) is 12.7 Å². The van der Waals surface area contributed by atoms with Crippen molar-refractivity contribution in [3.8, 4) is 17.0 Å². The van der Waals surface area contributed by atoms with Gasteiger partial charge in [0.05, 0.1) is 5.02 Å². The van der Waals surface area contributed by atoms with Gasteiger partial charge in [-0.05, 0) is 24.3 Å². The fraction of sp³-hybridized carbons (Fsp3) is 0.214. The molecule has 2 heterocycles. The summed E-state index contributed by atoms with van der Waals surface area (Å²) < 4.78 is 68.2. The molecule has 25 heavy (non-hydrogen) atoms. The third-order valence-corrected chi connectivity index (χ3v) is 3.39. The molecule has 2 aromatic heterocycles. The van der Waals surface area contributed by atoms with Crippen LogP contribution in [0, 0.1) is 0 Å². The van der Waals surface area contributed by atoms with E-state index < -0.39 is 23.9 Å². The first-order chi connectivity index (χ1) is 11.5. The van der Waals surface area contributed by atoms with Crippen molar-refractivity contribution in [3.63, 3.8) is 0 Å². The first kappa shape index (κ1) is 17.3. The van der Waals surface area contributed by atoms with Crippen LogP contribution in [0.25, 0.3) is 16.9 Å². The van der Waals surface area contributed by atoms with E-state index in [1.54, 1.807) is 0 Å². The number of hydrogen-bond donors (Lipinski definition) is 0. The molecule has 0 aliphatic carbocycles. The molecule has 5 nitrogen and oxygen atoms in total. The Morgan fingerprint density at radius 2 is 1.68 bits per heavy atom. The first-order valence-corrected chi connectivity index (χ1v) is 7.09. The molecule has 0 aliphatic heterocycles. The minimum absolute atomic E-state index is 0.0160. The average molecular weight is 379 g/mol. The quantitative estimate of drug-likeness (QED) is 0.632. The fourth-order valence-corrected chi connectivity index (χ4v) is 2.34. The van der Waals surface area contributed by atoms with Crippen LogP contribution >= 0.6 is 11.6 Å². The van der Waals surface area contributed by atoms with Crippen molar-refractivity contribution >= 4 is 17.2 Å². The van der Waals surface area contributed by atoms with E-state index in [0.717, 1.165) is 16.6 Å². The van der Waals surface area contributed by atoms with Crippen LogP contribution < -0.4 is 4.74 Å². The molecule has 0 bridgehead atoms. The summed E-state index contributed by atoms with van der Waals surface area (Å²) in [5, 5.41) is 11.0. The number of halogens is 6. The van der Waals surface area contributed by atoms with E-state index in [1.165, 1.54) is 18.2 Å². The predicted octanol–water partition coefficient (Wildman–Crippen LogP) is 4.46. The Morgan fingerprint density at radius 1 is 1.04 bits per heavy atom. The third kappa shape index (κ3) is 3.63. The fourth-order valence-electron chi connectivity index (χ4n) is 2.09. The van der Waals surface area contributed by atoms with Gasteiger partial charge in [-0.2, -0.15) is 18.4 Å². The van der Waals surface area contributed by atoms with E-state index in [9.17, 15) is 22.0 Å². The van der Waals surface area contributed by atoms with Gasteiger partial charge in [0.2, 0.25) is 5.82 Å². The Hall–Kier alpha value is -2.49. The Labute approximate surface area is 142 Å². The highest BCUT2D eigenvalue weighted by Gasteiger charge is 2.32. The van der Waals surface area contributed by atoms with Crippen LogP contribution in [0.3, 0.4) is 0 Å². The standard InChI is InChI=1S/C14H8ClF5N4O/c1-13(16,17)12-22-21-10-6-9(15)11(23-24(10)12)7-2-4-8(5-3-7)25-14(18,19)20/h2-6H,1H3. The summed E-state index contributed by atoms with van der Waals surface area (Å²) in [6.45, 7) is 0.642. The molecule has 1 aromatic carbocycles. The van der Waals surface area contributed by atoms with Crippen LogP contribution in [-0.2, 0) is 5.92 Å². The summed E-state index contributed by atoms with van der Waals surface area (Å²) in [5.41, 5.74) is 0.404. The summed E-state index contributed by atoms with van der Waals surface area (Å²) in [7, 11) is 0. The Balaban J connectivity index is 2.04. The highest BCUT2D eigenvalue weighted by Crippen LogP contribution is 2.31. The average Bonchev–Trinajstić information content (AvgIpc) is 2.88. The van der Waals surface area contributed by atoms with Crippen LogP contribution in [0.2, 0.25) is 5.02 Å². The molecule has 3 aromatic rings. The largest absolute Gasteiger partial charge is 0.573 e. The molecule has 11 heteroatoms. The van der Waals surface area contributed by atoms with Gasteiger partial charge in [0.15, 0.2) is 5.65 Å². The van der Waals surface area contributed by atoms with Crippen molar-refractivity contribution in [1.82, 2.24) is 19.8 Å². The zero-order valence-electron chi connectivity index (χ0n) is 12.4. The Morgan fingerprint density at radius 3 is 2.24 bits per heavy atom. The molecule has 0 N–H and O–H groups in total. The molecule has 132 valence electrons. The maximum atomic E-state index is 13.5. The van der Waals surface area contributed by atoms with Crippen LogP contribution in [0.15, 0.2) is 30.3 Å². The van der Waals surface area contributed by atoms with Crippen molar-refractivity contribution in [2.75, 3.05) is 0 Å². The van der Waals surface area contributed by atoms with Gasteiger partial charge >= 0.3 is 12.3 Å². The highest BCUT2D eigenvalue weighted by atomic mass is 35.5. The molecule has 0 aliphatic rings. The summed E-state index contributed by atoms with van der Waals surface area (Å²) >= 11 is 6.07. The van der Waals surface area contributed by atoms with Gasteiger partial charge in [-0.15, -0.1) is 23.4 Å². The molecule has 0 saturated carbocycles. The topological polar surface area (TPSA) is 52.3 Å². The van der Waals surface area contributed by atoms with E-state index in [2.05, 4.69) is 20.0 Å². The lowest BCUT2D eigenvalue weighted by Crippen LogP contribution is -2.17. The Kier molecular flexibility index (Phi) is 4.02. The molecule has 0 radical (unpaired) electrons. The van der Waals surface area contributed by atoms with Gasteiger partial charge in [-0.25, -0.2) is 0 Å². The van der Waals surface area contributed by atoms with Crippen molar-refractivity contribution in [2.45, 2.75) is 19.2 Å². The lowest BCUT2D eigenvalue weighted by atomic mass is 10.1. The zero-order chi connectivity index (χ0) is 18.4. The van der Waals surface area contributed by atoms with Crippen molar-refractivity contribution in [3.05, 3.63) is 41.2 Å². The highest BCUT2D eigenvalue weighted by molar-refractivity contribution is 6.33. The Bertz CT molecular complexity index is 918. The van der Waals surface area contributed by atoms with E-state index in [1.807, 2.05) is 0 Å². The number of benzene rings is 1.